The molecule has 1 fully saturated rings. The molecule has 0 aliphatic carbocycles. The molecule has 2 aromatic carbocycles. The molecule has 1 aliphatic heterocycles. The number of hydrogen-bond acceptors (Lipinski definition) is 5. The van der Waals surface area contributed by atoms with Crippen LogP contribution in [-0.2, 0) is 10.0 Å². The number of carbonyl (C=O) groups excluding carboxylic acids is 1. The van der Waals surface area contributed by atoms with Crippen molar-refractivity contribution < 1.29 is 27.1 Å². The van der Waals surface area contributed by atoms with E-state index in [4.69, 9.17) is 21.1 Å². The summed E-state index contributed by atoms with van der Waals surface area (Å²) in [5.74, 6) is -0.627. The van der Waals surface area contributed by atoms with Crippen LogP contribution in [0.25, 0.3) is 0 Å². The average molecular weight is 443 g/mol. The molecular formula is C19H20ClFN2O5S. The van der Waals surface area contributed by atoms with Crippen LogP contribution in [0.1, 0.15) is 10.4 Å². The SMILES string of the molecule is COc1ccc(OC)c(S(=O)(=O)N2CCN(C(=O)c3ccc(Cl)cc3F)CC2)c1. The van der Waals surface area contributed by atoms with Gasteiger partial charge in [0.05, 0.1) is 19.8 Å². The number of methoxy groups -OCH3 is 2. The summed E-state index contributed by atoms with van der Waals surface area (Å²) in [6.07, 6.45) is 0. The number of benzene rings is 2. The van der Waals surface area contributed by atoms with Crippen LogP contribution in [0.15, 0.2) is 41.3 Å². The third-order valence-corrected chi connectivity index (χ3v) is 6.83. The van der Waals surface area contributed by atoms with Gasteiger partial charge in [0.15, 0.2) is 0 Å². The predicted molar refractivity (Wildman–Crippen MR) is 106 cm³/mol. The molecule has 1 saturated heterocycles. The Morgan fingerprint density at radius 2 is 1.72 bits per heavy atom. The van der Waals surface area contributed by atoms with E-state index in [0.29, 0.717) is 5.75 Å². The topological polar surface area (TPSA) is 76.2 Å². The van der Waals surface area contributed by atoms with E-state index in [0.717, 1.165) is 6.07 Å². The lowest BCUT2D eigenvalue weighted by Crippen LogP contribution is -2.50. The van der Waals surface area contributed by atoms with Gasteiger partial charge in [-0.3, -0.25) is 4.79 Å². The van der Waals surface area contributed by atoms with Gasteiger partial charge >= 0.3 is 0 Å². The fourth-order valence-corrected chi connectivity index (χ4v) is 4.84. The van der Waals surface area contributed by atoms with Gasteiger partial charge in [0.25, 0.3) is 5.91 Å². The smallest absolute Gasteiger partial charge is 0.256 e. The highest BCUT2D eigenvalue weighted by molar-refractivity contribution is 7.89. The van der Waals surface area contributed by atoms with Crippen LogP contribution in [0.3, 0.4) is 0 Å². The number of halogens is 2. The van der Waals surface area contributed by atoms with Crippen molar-refractivity contribution in [2.75, 3.05) is 40.4 Å². The van der Waals surface area contributed by atoms with Gasteiger partial charge < -0.3 is 14.4 Å². The highest BCUT2D eigenvalue weighted by atomic mass is 35.5. The van der Waals surface area contributed by atoms with Gasteiger partial charge in [0.2, 0.25) is 10.0 Å². The van der Waals surface area contributed by atoms with Crippen LogP contribution in [0.4, 0.5) is 4.39 Å². The maximum atomic E-state index is 14.0. The fraction of sp³-hybridized carbons (Fsp3) is 0.316. The standard InChI is InChI=1S/C19H20ClFN2O5S/c1-27-14-4-6-17(28-2)18(12-14)29(25,26)23-9-7-22(8-10-23)19(24)15-5-3-13(20)11-16(15)21/h3-6,11-12H,7-10H2,1-2H3. The molecule has 0 bridgehead atoms. The van der Waals surface area contributed by atoms with E-state index in [1.165, 1.54) is 47.7 Å². The number of nitrogens with zero attached hydrogens (tertiary/aromatic N) is 2. The normalized spacial score (nSPS) is 15.2. The Hall–Kier alpha value is -2.36. The first-order valence-corrected chi connectivity index (χ1v) is 10.6. The predicted octanol–water partition coefficient (Wildman–Crippen LogP) is 2.64. The fourth-order valence-electron chi connectivity index (χ4n) is 3.09. The molecule has 0 atom stereocenters. The molecule has 0 radical (unpaired) electrons. The molecule has 10 heteroatoms. The largest absolute Gasteiger partial charge is 0.497 e. The van der Waals surface area contributed by atoms with Crippen LogP contribution in [0.5, 0.6) is 11.5 Å². The molecule has 7 nitrogen and oxygen atoms in total. The average Bonchev–Trinajstić information content (AvgIpc) is 2.73. The molecule has 2 aromatic rings. The third-order valence-electron chi connectivity index (χ3n) is 4.68. The van der Waals surface area contributed by atoms with Crippen molar-refractivity contribution in [1.29, 1.82) is 0 Å². The molecule has 0 spiro atoms. The summed E-state index contributed by atoms with van der Waals surface area (Å²) >= 11 is 5.72. The Balaban J connectivity index is 1.77. The molecule has 0 aromatic heterocycles. The number of sulfonamides is 1. The molecule has 3 rings (SSSR count). The lowest BCUT2D eigenvalue weighted by atomic mass is 10.1. The zero-order valence-electron chi connectivity index (χ0n) is 15.9. The summed E-state index contributed by atoms with van der Waals surface area (Å²) < 4.78 is 51.8. The number of ether oxygens (including phenoxy) is 2. The van der Waals surface area contributed by atoms with Crippen LogP contribution in [0.2, 0.25) is 5.02 Å². The number of amides is 1. The summed E-state index contributed by atoms with van der Waals surface area (Å²) in [6, 6.07) is 8.36. The monoisotopic (exact) mass is 442 g/mol. The van der Waals surface area contributed by atoms with Crippen molar-refractivity contribution >= 4 is 27.5 Å². The van der Waals surface area contributed by atoms with Gasteiger partial charge in [0.1, 0.15) is 22.2 Å². The maximum absolute atomic E-state index is 14.0. The minimum atomic E-state index is -3.87. The Kier molecular flexibility index (Phi) is 6.30. The zero-order chi connectivity index (χ0) is 21.2. The molecule has 0 saturated carbocycles. The molecule has 1 amide bonds. The number of hydrogen-bond donors (Lipinski definition) is 0. The minimum Gasteiger partial charge on any atom is -0.497 e. The highest BCUT2D eigenvalue weighted by Gasteiger charge is 2.33. The van der Waals surface area contributed by atoms with Crippen LogP contribution in [-0.4, -0.2) is 63.9 Å². The van der Waals surface area contributed by atoms with Crippen molar-refractivity contribution in [3.8, 4) is 11.5 Å². The third kappa shape index (κ3) is 4.31. The second-order valence-corrected chi connectivity index (χ2v) is 8.68. The summed E-state index contributed by atoms with van der Waals surface area (Å²) in [4.78, 5) is 14.0. The minimum absolute atomic E-state index is 0.0112. The van der Waals surface area contributed by atoms with E-state index in [1.807, 2.05) is 0 Å². The van der Waals surface area contributed by atoms with Crippen molar-refractivity contribution in [3.05, 3.63) is 52.8 Å². The van der Waals surface area contributed by atoms with E-state index in [-0.39, 0.29) is 47.4 Å². The molecule has 1 heterocycles. The van der Waals surface area contributed by atoms with E-state index < -0.39 is 21.7 Å². The Labute approximate surface area is 173 Å². The summed E-state index contributed by atoms with van der Waals surface area (Å²) in [5.41, 5.74) is -0.0971. The van der Waals surface area contributed by atoms with Crippen molar-refractivity contribution in [2.24, 2.45) is 0 Å². The summed E-state index contributed by atoms with van der Waals surface area (Å²) in [5, 5.41) is 0.196. The quantitative estimate of drug-likeness (QED) is 0.711. The molecule has 156 valence electrons. The van der Waals surface area contributed by atoms with Gasteiger partial charge in [-0.1, -0.05) is 11.6 Å². The van der Waals surface area contributed by atoms with Gasteiger partial charge in [0, 0.05) is 37.3 Å². The van der Waals surface area contributed by atoms with Crippen LogP contribution >= 0.6 is 11.6 Å². The zero-order valence-corrected chi connectivity index (χ0v) is 17.5. The molecule has 0 unspecified atom stereocenters. The van der Waals surface area contributed by atoms with Gasteiger partial charge in [-0.2, -0.15) is 4.31 Å². The van der Waals surface area contributed by atoms with E-state index >= 15 is 0 Å². The summed E-state index contributed by atoms with van der Waals surface area (Å²) in [6.45, 7) is 0.409. The molecule has 0 N–H and O–H groups in total. The second-order valence-electron chi connectivity index (χ2n) is 6.34. The number of carbonyl (C=O) groups is 1. The number of rotatable bonds is 5. The molecular weight excluding hydrogens is 423 g/mol. The van der Waals surface area contributed by atoms with E-state index in [1.54, 1.807) is 6.07 Å². The van der Waals surface area contributed by atoms with Gasteiger partial charge in [-0.05, 0) is 30.3 Å². The number of piperazine rings is 1. The highest BCUT2D eigenvalue weighted by Crippen LogP contribution is 2.31. The van der Waals surface area contributed by atoms with E-state index in [9.17, 15) is 17.6 Å². The Morgan fingerprint density at radius 3 is 2.31 bits per heavy atom. The van der Waals surface area contributed by atoms with Gasteiger partial charge in [-0.25, -0.2) is 12.8 Å². The second kappa shape index (κ2) is 8.56. The van der Waals surface area contributed by atoms with Crippen molar-refractivity contribution in [3.63, 3.8) is 0 Å². The Bertz CT molecular complexity index is 1020. The first-order chi connectivity index (χ1) is 13.8. The molecule has 29 heavy (non-hydrogen) atoms. The lowest BCUT2D eigenvalue weighted by Gasteiger charge is -2.34. The van der Waals surface area contributed by atoms with Crippen molar-refractivity contribution in [1.82, 2.24) is 9.21 Å². The van der Waals surface area contributed by atoms with E-state index in [2.05, 4.69) is 0 Å². The Morgan fingerprint density at radius 1 is 1.03 bits per heavy atom. The lowest BCUT2D eigenvalue weighted by molar-refractivity contribution is 0.0693. The van der Waals surface area contributed by atoms with Crippen LogP contribution in [0, 0.1) is 5.82 Å². The van der Waals surface area contributed by atoms with Gasteiger partial charge in [-0.15, -0.1) is 0 Å². The maximum Gasteiger partial charge on any atom is 0.256 e. The van der Waals surface area contributed by atoms with Crippen LogP contribution < -0.4 is 9.47 Å². The van der Waals surface area contributed by atoms with Crippen molar-refractivity contribution in [2.45, 2.75) is 4.90 Å². The first kappa shape index (κ1) is 21.4. The first-order valence-electron chi connectivity index (χ1n) is 8.74. The molecule has 1 aliphatic rings. The summed E-state index contributed by atoms with van der Waals surface area (Å²) in [7, 11) is -1.04.